The maximum absolute atomic E-state index is 11.2. The van der Waals surface area contributed by atoms with Crippen molar-refractivity contribution in [3.8, 4) is 5.75 Å². The van der Waals surface area contributed by atoms with E-state index in [4.69, 9.17) is 10.6 Å². The third-order valence-electron chi connectivity index (χ3n) is 3.18. The van der Waals surface area contributed by atoms with E-state index < -0.39 is 0 Å². The molecule has 5 heteroatoms. The lowest BCUT2D eigenvalue weighted by Gasteiger charge is -2.19. The molecular weight excluding hydrogens is 230 g/mol. The van der Waals surface area contributed by atoms with Crippen LogP contribution < -0.4 is 16.0 Å². The SMILES string of the molecule is CN(CCc1ccc2c(c1)CCCO2)C(=O)NN. The molecule has 0 aromatic heterocycles. The number of nitrogens with one attached hydrogen (secondary N) is 1. The van der Waals surface area contributed by atoms with E-state index in [2.05, 4.69) is 17.6 Å². The number of hydrogen-bond acceptors (Lipinski definition) is 3. The zero-order chi connectivity index (χ0) is 13.0. The van der Waals surface area contributed by atoms with Gasteiger partial charge in [0.25, 0.3) is 0 Å². The number of benzene rings is 1. The fraction of sp³-hybridized carbons (Fsp3) is 0.462. The molecule has 1 heterocycles. The average Bonchev–Trinajstić information content (AvgIpc) is 2.43. The van der Waals surface area contributed by atoms with E-state index in [0.29, 0.717) is 6.54 Å². The van der Waals surface area contributed by atoms with Gasteiger partial charge in [0.1, 0.15) is 5.75 Å². The van der Waals surface area contributed by atoms with Crippen LogP contribution in [0.4, 0.5) is 4.79 Å². The Kier molecular flexibility index (Phi) is 4.04. The zero-order valence-corrected chi connectivity index (χ0v) is 10.6. The summed E-state index contributed by atoms with van der Waals surface area (Å²) in [5.41, 5.74) is 4.60. The highest BCUT2D eigenvalue weighted by molar-refractivity contribution is 5.73. The van der Waals surface area contributed by atoms with Gasteiger partial charge in [0.2, 0.25) is 0 Å². The van der Waals surface area contributed by atoms with Gasteiger partial charge in [-0.2, -0.15) is 0 Å². The minimum absolute atomic E-state index is 0.267. The lowest BCUT2D eigenvalue weighted by Crippen LogP contribution is -2.41. The molecule has 0 aliphatic carbocycles. The first-order valence-electron chi connectivity index (χ1n) is 6.17. The fourth-order valence-electron chi connectivity index (χ4n) is 2.08. The van der Waals surface area contributed by atoms with E-state index in [1.807, 2.05) is 6.07 Å². The molecule has 0 radical (unpaired) electrons. The molecule has 3 N–H and O–H groups in total. The normalized spacial score (nSPS) is 13.4. The molecule has 0 saturated carbocycles. The molecule has 18 heavy (non-hydrogen) atoms. The number of nitrogens with two attached hydrogens (primary N) is 1. The smallest absolute Gasteiger partial charge is 0.331 e. The van der Waals surface area contributed by atoms with Crippen molar-refractivity contribution in [3.63, 3.8) is 0 Å². The van der Waals surface area contributed by atoms with Gasteiger partial charge in [-0.1, -0.05) is 12.1 Å². The highest BCUT2D eigenvalue weighted by atomic mass is 16.5. The molecule has 0 bridgehead atoms. The van der Waals surface area contributed by atoms with Crippen molar-refractivity contribution in [1.29, 1.82) is 0 Å². The van der Waals surface area contributed by atoms with Gasteiger partial charge in [-0.05, 0) is 36.5 Å². The second kappa shape index (κ2) is 5.73. The molecule has 2 amide bonds. The molecule has 0 unspecified atom stereocenters. The van der Waals surface area contributed by atoms with Crippen LogP contribution in [-0.4, -0.2) is 31.1 Å². The molecule has 0 atom stereocenters. The van der Waals surface area contributed by atoms with Gasteiger partial charge in [0, 0.05) is 13.6 Å². The fourth-order valence-corrected chi connectivity index (χ4v) is 2.08. The predicted octanol–water partition coefficient (Wildman–Crippen LogP) is 1.07. The molecule has 1 aromatic carbocycles. The molecule has 5 nitrogen and oxygen atoms in total. The minimum Gasteiger partial charge on any atom is -0.493 e. The van der Waals surface area contributed by atoms with E-state index in [0.717, 1.165) is 31.6 Å². The molecule has 0 fully saturated rings. The second-order valence-corrected chi connectivity index (χ2v) is 4.52. The number of nitrogens with zero attached hydrogens (tertiary/aromatic N) is 1. The summed E-state index contributed by atoms with van der Waals surface area (Å²) in [5.74, 6) is 6.07. The number of aryl methyl sites for hydroxylation is 1. The van der Waals surface area contributed by atoms with Gasteiger partial charge in [0.05, 0.1) is 6.61 Å². The van der Waals surface area contributed by atoms with Crippen LogP contribution in [0.1, 0.15) is 17.5 Å². The van der Waals surface area contributed by atoms with Crippen molar-refractivity contribution < 1.29 is 9.53 Å². The first kappa shape index (κ1) is 12.7. The van der Waals surface area contributed by atoms with Crippen LogP contribution in [-0.2, 0) is 12.8 Å². The van der Waals surface area contributed by atoms with Gasteiger partial charge in [0.15, 0.2) is 0 Å². The Balaban J connectivity index is 1.96. The summed E-state index contributed by atoms with van der Waals surface area (Å²) < 4.78 is 5.57. The van der Waals surface area contributed by atoms with Crippen LogP contribution in [0.2, 0.25) is 0 Å². The molecule has 0 spiro atoms. The van der Waals surface area contributed by atoms with Crippen LogP contribution in [0.5, 0.6) is 5.75 Å². The number of hydrogen-bond donors (Lipinski definition) is 2. The van der Waals surface area contributed by atoms with E-state index in [-0.39, 0.29) is 6.03 Å². The molecule has 1 aliphatic rings. The van der Waals surface area contributed by atoms with Gasteiger partial charge >= 0.3 is 6.03 Å². The summed E-state index contributed by atoms with van der Waals surface area (Å²) in [6.07, 6.45) is 2.96. The first-order valence-corrected chi connectivity index (χ1v) is 6.17. The maximum atomic E-state index is 11.2. The molecule has 1 aliphatic heterocycles. The Morgan fingerprint density at radius 3 is 3.17 bits per heavy atom. The predicted molar refractivity (Wildman–Crippen MR) is 69.3 cm³/mol. The van der Waals surface area contributed by atoms with E-state index >= 15 is 0 Å². The maximum Gasteiger partial charge on any atom is 0.331 e. The zero-order valence-electron chi connectivity index (χ0n) is 10.6. The van der Waals surface area contributed by atoms with Gasteiger partial charge < -0.3 is 9.64 Å². The number of ether oxygens (including phenoxy) is 1. The average molecular weight is 249 g/mol. The Morgan fingerprint density at radius 1 is 1.56 bits per heavy atom. The summed E-state index contributed by atoms with van der Waals surface area (Å²) >= 11 is 0. The highest BCUT2D eigenvalue weighted by Crippen LogP contribution is 2.25. The molecule has 1 aromatic rings. The highest BCUT2D eigenvalue weighted by Gasteiger charge is 2.11. The number of rotatable bonds is 3. The second-order valence-electron chi connectivity index (χ2n) is 4.52. The molecule has 0 saturated heterocycles. The minimum atomic E-state index is -0.267. The van der Waals surface area contributed by atoms with E-state index in [1.165, 1.54) is 11.1 Å². The Labute approximate surface area is 107 Å². The first-order chi connectivity index (χ1) is 8.70. The summed E-state index contributed by atoms with van der Waals surface area (Å²) in [7, 11) is 1.73. The summed E-state index contributed by atoms with van der Waals surface area (Å²) in [4.78, 5) is 12.8. The third kappa shape index (κ3) is 2.92. The molecule has 2 rings (SSSR count). The number of carbonyl (C=O) groups excluding carboxylic acids is 1. The van der Waals surface area contributed by atoms with Crippen molar-refractivity contribution in [3.05, 3.63) is 29.3 Å². The Bertz CT molecular complexity index is 434. The quantitative estimate of drug-likeness (QED) is 0.478. The topological polar surface area (TPSA) is 67.6 Å². The molecule has 98 valence electrons. The summed E-state index contributed by atoms with van der Waals surface area (Å²) in [6.45, 7) is 1.45. The van der Waals surface area contributed by atoms with Crippen molar-refractivity contribution in [2.75, 3.05) is 20.2 Å². The van der Waals surface area contributed by atoms with Crippen LogP contribution >= 0.6 is 0 Å². The standard InChI is InChI=1S/C13H19N3O2/c1-16(13(17)15-14)7-6-10-4-5-12-11(9-10)3-2-8-18-12/h4-5,9H,2-3,6-8,14H2,1H3,(H,15,17). The summed E-state index contributed by atoms with van der Waals surface area (Å²) in [6, 6.07) is 5.98. The van der Waals surface area contributed by atoms with Gasteiger partial charge in [-0.25, -0.2) is 10.6 Å². The van der Waals surface area contributed by atoms with E-state index in [9.17, 15) is 4.79 Å². The lowest BCUT2D eigenvalue weighted by molar-refractivity contribution is 0.209. The van der Waals surface area contributed by atoms with Gasteiger partial charge in [-0.3, -0.25) is 5.43 Å². The van der Waals surface area contributed by atoms with Crippen LogP contribution in [0.25, 0.3) is 0 Å². The van der Waals surface area contributed by atoms with Crippen LogP contribution in [0.3, 0.4) is 0 Å². The monoisotopic (exact) mass is 249 g/mol. The largest absolute Gasteiger partial charge is 0.493 e. The van der Waals surface area contributed by atoms with E-state index in [1.54, 1.807) is 11.9 Å². The van der Waals surface area contributed by atoms with Crippen molar-refractivity contribution in [2.24, 2.45) is 5.84 Å². The van der Waals surface area contributed by atoms with Crippen molar-refractivity contribution in [2.45, 2.75) is 19.3 Å². The van der Waals surface area contributed by atoms with Crippen LogP contribution in [0, 0.1) is 0 Å². The summed E-state index contributed by atoms with van der Waals surface area (Å²) in [5, 5.41) is 0. The van der Waals surface area contributed by atoms with Crippen molar-refractivity contribution in [1.82, 2.24) is 10.3 Å². The molecular formula is C13H19N3O2. The number of amides is 2. The number of hydrazine groups is 1. The van der Waals surface area contributed by atoms with Crippen molar-refractivity contribution >= 4 is 6.03 Å². The third-order valence-corrected chi connectivity index (χ3v) is 3.18. The lowest BCUT2D eigenvalue weighted by atomic mass is 10.0. The van der Waals surface area contributed by atoms with Crippen LogP contribution in [0.15, 0.2) is 18.2 Å². The number of carbonyl (C=O) groups is 1. The number of fused-ring (bicyclic) bond motifs is 1. The number of urea groups is 1. The Morgan fingerprint density at radius 2 is 2.39 bits per heavy atom. The van der Waals surface area contributed by atoms with Gasteiger partial charge in [-0.15, -0.1) is 0 Å². The number of likely N-dealkylation sites (N-methyl/N-ethyl adjacent to an activating group) is 1. The Hall–Kier alpha value is -1.75.